The Balaban J connectivity index is 1.78. The second kappa shape index (κ2) is 7.16. The maximum atomic E-state index is 13.4. The molecule has 0 radical (unpaired) electrons. The van der Waals surface area contributed by atoms with E-state index >= 15 is 0 Å². The van der Waals surface area contributed by atoms with Gasteiger partial charge in [0.15, 0.2) is 0 Å². The van der Waals surface area contributed by atoms with Crippen LogP contribution in [0.4, 0.5) is 5.82 Å². The van der Waals surface area contributed by atoms with Gasteiger partial charge in [0.2, 0.25) is 5.91 Å². The Hall–Kier alpha value is -3.35. The van der Waals surface area contributed by atoms with E-state index in [2.05, 4.69) is 21.0 Å². The standard InChI is InChI=1S/C23H25N5O2/c1-14-24-12-16(13-25-14)15-9-10-17-19(11-15)28(22(30)23(17,2)3)20-8-6-7-18(26-20)21(29)27(4)5/h6-9,11-13,17H,10H2,1-5H3. The lowest BCUT2D eigenvalue weighted by atomic mass is 9.75. The molecule has 0 bridgehead atoms. The SMILES string of the molecule is Cc1ncc(C2=CCC3C(=C2)N(c2cccc(C(=O)N(C)C)n2)C(=O)C3(C)C)cn1. The molecule has 7 nitrogen and oxygen atoms in total. The number of rotatable bonds is 3. The van der Waals surface area contributed by atoms with Crippen LogP contribution in [-0.4, -0.2) is 45.8 Å². The van der Waals surface area contributed by atoms with Crippen LogP contribution in [0.2, 0.25) is 0 Å². The van der Waals surface area contributed by atoms with Gasteiger partial charge in [0.05, 0.1) is 5.41 Å². The fourth-order valence-electron chi connectivity index (χ4n) is 4.00. The number of anilines is 1. The first kappa shape index (κ1) is 19.9. The predicted molar refractivity (Wildman–Crippen MR) is 114 cm³/mol. The number of nitrogens with zero attached hydrogens (tertiary/aromatic N) is 5. The molecule has 1 aliphatic carbocycles. The molecule has 2 aromatic heterocycles. The van der Waals surface area contributed by atoms with Crippen molar-refractivity contribution in [3.63, 3.8) is 0 Å². The summed E-state index contributed by atoms with van der Waals surface area (Å²) in [5, 5.41) is 0. The van der Waals surface area contributed by atoms with E-state index in [4.69, 9.17) is 0 Å². The molecule has 3 heterocycles. The third kappa shape index (κ3) is 3.20. The molecule has 30 heavy (non-hydrogen) atoms. The number of pyridine rings is 1. The van der Waals surface area contributed by atoms with Crippen LogP contribution in [0.3, 0.4) is 0 Å². The number of hydrogen-bond acceptors (Lipinski definition) is 5. The van der Waals surface area contributed by atoms with Crippen molar-refractivity contribution >= 4 is 23.2 Å². The highest BCUT2D eigenvalue weighted by Gasteiger charge is 2.51. The van der Waals surface area contributed by atoms with Crippen LogP contribution >= 0.6 is 0 Å². The van der Waals surface area contributed by atoms with E-state index in [1.165, 1.54) is 4.90 Å². The highest BCUT2D eigenvalue weighted by Crippen LogP contribution is 2.50. The van der Waals surface area contributed by atoms with Gasteiger partial charge in [-0.05, 0) is 37.1 Å². The number of allylic oxidation sites excluding steroid dienone is 4. The van der Waals surface area contributed by atoms with E-state index in [-0.39, 0.29) is 17.7 Å². The summed E-state index contributed by atoms with van der Waals surface area (Å²) in [5.74, 6) is 1.00. The smallest absolute Gasteiger partial charge is 0.272 e. The van der Waals surface area contributed by atoms with E-state index in [0.717, 1.165) is 23.3 Å². The van der Waals surface area contributed by atoms with Gasteiger partial charge in [-0.1, -0.05) is 26.0 Å². The van der Waals surface area contributed by atoms with Crippen molar-refractivity contribution in [2.45, 2.75) is 27.2 Å². The predicted octanol–water partition coefficient (Wildman–Crippen LogP) is 3.24. The lowest BCUT2D eigenvalue weighted by molar-refractivity contribution is -0.125. The molecule has 2 amide bonds. The van der Waals surface area contributed by atoms with Crippen molar-refractivity contribution in [2.24, 2.45) is 11.3 Å². The zero-order valence-electron chi connectivity index (χ0n) is 17.9. The van der Waals surface area contributed by atoms with Gasteiger partial charge in [-0.2, -0.15) is 0 Å². The molecule has 1 fully saturated rings. The normalized spacial score (nSPS) is 19.8. The molecule has 0 saturated carbocycles. The van der Waals surface area contributed by atoms with Gasteiger partial charge in [0.25, 0.3) is 5.91 Å². The molecule has 0 aromatic carbocycles. The van der Waals surface area contributed by atoms with Gasteiger partial charge in [-0.15, -0.1) is 0 Å². The highest BCUT2D eigenvalue weighted by atomic mass is 16.2. The van der Waals surface area contributed by atoms with Crippen molar-refractivity contribution in [3.8, 4) is 0 Å². The van der Waals surface area contributed by atoms with E-state index < -0.39 is 5.41 Å². The third-order valence-corrected chi connectivity index (χ3v) is 5.82. The van der Waals surface area contributed by atoms with Gasteiger partial charge in [0.1, 0.15) is 17.3 Å². The number of carbonyl (C=O) groups is 2. The zero-order valence-corrected chi connectivity index (χ0v) is 17.9. The number of amides is 2. The van der Waals surface area contributed by atoms with Gasteiger partial charge in [-0.3, -0.25) is 14.5 Å². The fraction of sp³-hybridized carbons (Fsp3) is 0.348. The third-order valence-electron chi connectivity index (χ3n) is 5.82. The molecule has 2 aromatic rings. The second-order valence-electron chi connectivity index (χ2n) is 8.48. The molecule has 0 spiro atoms. The summed E-state index contributed by atoms with van der Waals surface area (Å²) in [6.07, 6.45) is 8.50. The van der Waals surface area contributed by atoms with E-state index in [0.29, 0.717) is 17.3 Å². The maximum absolute atomic E-state index is 13.4. The van der Waals surface area contributed by atoms with Gasteiger partial charge in [-0.25, -0.2) is 15.0 Å². The monoisotopic (exact) mass is 403 g/mol. The fourth-order valence-corrected chi connectivity index (χ4v) is 4.00. The minimum absolute atomic E-state index is 0.0180. The summed E-state index contributed by atoms with van der Waals surface area (Å²) in [5.41, 5.74) is 2.53. The number of carbonyl (C=O) groups excluding carboxylic acids is 2. The number of aryl methyl sites for hydroxylation is 1. The Morgan fingerprint density at radius 2 is 1.90 bits per heavy atom. The molecule has 1 unspecified atom stereocenters. The number of fused-ring (bicyclic) bond motifs is 1. The number of aromatic nitrogens is 3. The van der Waals surface area contributed by atoms with Crippen LogP contribution < -0.4 is 4.90 Å². The molecule has 0 N–H and O–H groups in total. The Kier molecular flexibility index (Phi) is 4.76. The van der Waals surface area contributed by atoms with E-state index in [9.17, 15) is 9.59 Å². The first-order valence-corrected chi connectivity index (χ1v) is 9.94. The minimum Gasteiger partial charge on any atom is -0.343 e. The first-order valence-electron chi connectivity index (χ1n) is 9.94. The molecular formula is C23H25N5O2. The van der Waals surface area contributed by atoms with Crippen molar-refractivity contribution in [2.75, 3.05) is 19.0 Å². The molecule has 2 aliphatic rings. The van der Waals surface area contributed by atoms with Gasteiger partial charge >= 0.3 is 0 Å². The average molecular weight is 403 g/mol. The Morgan fingerprint density at radius 1 is 1.20 bits per heavy atom. The summed E-state index contributed by atoms with van der Waals surface area (Å²) in [6, 6.07) is 5.20. The van der Waals surface area contributed by atoms with Crippen LogP contribution in [0.25, 0.3) is 5.57 Å². The van der Waals surface area contributed by atoms with Gasteiger partial charge in [0, 0.05) is 43.7 Å². The van der Waals surface area contributed by atoms with Crippen molar-refractivity contribution in [1.29, 1.82) is 0 Å². The zero-order chi connectivity index (χ0) is 21.6. The Labute approximate surface area is 176 Å². The summed E-state index contributed by atoms with van der Waals surface area (Å²) in [7, 11) is 3.36. The topological polar surface area (TPSA) is 79.3 Å². The highest BCUT2D eigenvalue weighted by molar-refractivity contribution is 6.04. The minimum atomic E-state index is -0.569. The first-order chi connectivity index (χ1) is 14.2. The van der Waals surface area contributed by atoms with Crippen molar-refractivity contribution in [1.82, 2.24) is 19.9 Å². The lowest BCUT2D eigenvalue weighted by Gasteiger charge is -2.26. The molecule has 1 aliphatic heterocycles. The van der Waals surface area contributed by atoms with Crippen LogP contribution in [-0.2, 0) is 4.79 Å². The molecular weight excluding hydrogens is 378 g/mol. The molecule has 1 saturated heterocycles. The quantitative estimate of drug-likeness (QED) is 0.786. The van der Waals surface area contributed by atoms with Crippen LogP contribution in [0.5, 0.6) is 0 Å². The van der Waals surface area contributed by atoms with E-state index in [1.807, 2.05) is 26.8 Å². The second-order valence-corrected chi connectivity index (χ2v) is 8.48. The van der Waals surface area contributed by atoms with E-state index in [1.54, 1.807) is 49.6 Å². The van der Waals surface area contributed by atoms with Crippen molar-refractivity contribution in [3.05, 3.63) is 65.5 Å². The maximum Gasteiger partial charge on any atom is 0.272 e. The molecule has 4 rings (SSSR count). The Bertz CT molecular complexity index is 1080. The Morgan fingerprint density at radius 3 is 2.57 bits per heavy atom. The van der Waals surface area contributed by atoms with Gasteiger partial charge < -0.3 is 4.90 Å². The van der Waals surface area contributed by atoms with Crippen LogP contribution in [0.1, 0.15) is 42.1 Å². The average Bonchev–Trinajstić information content (AvgIpc) is 2.93. The van der Waals surface area contributed by atoms with Crippen LogP contribution in [0.15, 0.2) is 48.4 Å². The summed E-state index contributed by atoms with van der Waals surface area (Å²) in [4.78, 5) is 42.0. The molecule has 154 valence electrons. The van der Waals surface area contributed by atoms with Crippen LogP contribution in [0, 0.1) is 18.3 Å². The lowest BCUT2D eigenvalue weighted by Crippen LogP contribution is -2.32. The largest absolute Gasteiger partial charge is 0.343 e. The number of hydrogen-bond donors (Lipinski definition) is 0. The summed E-state index contributed by atoms with van der Waals surface area (Å²) < 4.78 is 0. The molecule has 1 atom stereocenters. The molecule has 7 heteroatoms. The summed E-state index contributed by atoms with van der Waals surface area (Å²) in [6.45, 7) is 5.79. The summed E-state index contributed by atoms with van der Waals surface area (Å²) >= 11 is 0. The van der Waals surface area contributed by atoms with Crippen molar-refractivity contribution < 1.29 is 9.59 Å².